The van der Waals surface area contributed by atoms with Crippen molar-refractivity contribution in [2.24, 2.45) is 0 Å². The van der Waals surface area contributed by atoms with Crippen molar-refractivity contribution in [1.82, 2.24) is 5.32 Å². The van der Waals surface area contributed by atoms with E-state index >= 15 is 0 Å². The highest BCUT2D eigenvalue weighted by atomic mass is 79.9. The molecule has 0 aromatic heterocycles. The number of carbonyl (C=O) groups is 1. The van der Waals surface area contributed by atoms with Crippen LogP contribution in [0.25, 0.3) is 0 Å². The second kappa shape index (κ2) is 7.31. The van der Waals surface area contributed by atoms with Crippen LogP contribution in [0.1, 0.15) is 28.9 Å². The summed E-state index contributed by atoms with van der Waals surface area (Å²) in [4.78, 5) is 12.4. The van der Waals surface area contributed by atoms with E-state index in [-0.39, 0.29) is 11.9 Å². The van der Waals surface area contributed by atoms with Crippen molar-refractivity contribution in [3.05, 3.63) is 58.1 Å². The highest BCUT2D eigenvalue weighted by molar-refractivity contribution is 9.10. The summed E-state index contributed by atoms with van der Waals surface area (Å²) in [6, 6.07) is 12.6. The molecule has 1 amide bonds. The predicted octanol–water partition coefficient (Wildman–Crippen LogP) is 3.96. The van der Waals surface area contributed by atoms with Crippen LogP contribution in [0.15, 0.2) is 46.9 Å². The van der Waals surface area contributed by atoms with Crippen LogP contribution in [0.2, 0.25) is 0 Å². The SMILES string of the molecule is COc1ccc(OC)c([C@@H](C)NC(=O)c2ccccc2Br)c1. The van der Waals surface area contributed by atoms with E-state index in [0.29, 0.717) is 11.3 Å². The second-order valence-electron chi connectivity index (χ2n) is 4.78. The van der Waals surface area contributed by atoms with Crippen LogP contribution in [-0.2, 0) is 0 Å². The predicted molar refractivity (Wildman–Crippen MR) is 89.6 cm³/mol. The zero-order valence-electron chi connectivity index (χ0n) is 12.7. The molecule has 2 aromatic carbocycles. The molecular formula is C17H18BrNO3. The van der Waals surface area contributed by atoms with Gasteiger partial charge < -0.3 is 14.8 Å². The fourth-order valence-electron chi connectivity index (χ4n) is 2.18. The number of benzene rings is 2. The lowest BCUT2D eigenvalue weighted by Crippen LogP contribution is -2.27. The van der Waals surface area contributed by atoms with Crippen LogP contribution in [-0.4, -0.2) is 20.1 Å². The average molecular weight is 364 g/mol. The Morgan fingerprint density at radius 3 is 2.50 bits per heavy atom. The first-order valence-electron chi connectivity index (χ1n) is 6.84. The van der Waals surface area contributed by atoms with Gasteiger partial charge in [0.2, 0.25) is 0 Å². The second-order valence-corrected chi connectivity index (χ2v) is 5.64. The van der Waals surface area contributed by atoms with Crippen LogP contribution in [0, 0.1) is 0 Å². The quantitative estimate of drug-likeness (QED) is 0.874. The molecule has 0 spiro atoms. The maximum atomic E-state index is 12.4. The van der Waals surface area contributed by atoms with Gasteiger partial charge in [0.15, 0.2) is 0 Å². The van der Waals surface area contributed by atoms with Crippen LogP contribution in [0.5, 0.6) is 11.5 Å². The Bertz CT molecular complexity index is 673. The Hall–Kier alpha value is -2.01. The number of ether oxygens (including phenoxy) is 2. The lowest BCUT2D eigenvalue weighted by molar-refractivity contribution is 0.0938. The van der Waals surface area contributed by atoms with E-state index in [0.717, 1.165) is 15.8 Å². The lowest BCUT2D eigenvalue weighted by Gasteiger charge is -2.18. The standard InChI is InChI=1S/C17H18BrNO3/c1-11(14-10-12(21-2)8-9-16(14)22-3)19-17(20)13-6-4-5-7-15(13)18/h4-11H,1-3H3,(H,19,20)/t11-/m1/s1. The van der Waals surface area contributed by atoms with Crippen molar-refractivity contribution in [2.75, 3.05) is 14.2 Å². The van der Waals surface area contributed by atoms with Crippen molar-refractivity contribution in [3.63, 3.8) is 0 Å². The third kappa shape index (κ3) is 3.60. The summed E-state index contributed by atoms with van der Waals surface area (Å²) >= 11 is 3.39. The van der Waals surface area contributed by atoms with Gasteiger partial charge in [-0.3, -0.25) is 4.79 Å². The molecular weight excluding hydrogens is 346 g/mol. The van der Waals surface area contributed by atoms with E-state index in [4.69, 9.17) is 9.47 Å². The normalized spacial score (nSPS) is 11.6. The molecule has 0 saturated carbocycles. The van der Waals surface area contributed by atoms with E-state index in [1.165, 1.54) is 0 Å². The van der Waals surface area contributed by atoms with E-state index < -0.39 is 0 Å². The van der Waals surface area contributed by atoms with Gasteiger partial charge in [-0.25, -0.2) is 0 Å². The smallest absolute Gasteiger partial charge is 0.252 e. The summed E-state index contributed by atoms with van der Waals surface area (Å²) in [5.74, 6) is 1.28. The summed E-state index contributed by atoms with van der Waals surface area (Å²) in [6.07, 6.45) is 0. The monoisotopic (exact) mass is 363 g/mol. The van der Waals surface area contributed by atoms with Crippen molar-refractivity contribution < 1.29 is 14.3 Å². The number of rotatable bonds is 5. The molecule has 0 saturated heterocycles. The Morgan fingerprint density at radius 1 is 1.14 bits per heavy atom. The fourth-order valence-corrected chi connectivity index (χ4v) is 2.64. The maximum Gasteiger partial charge on any atom is 0.252 e. The fraction of sp³-hybridized carbons (Fsp3) is 0.235. The molecule has 5 heteroatoms. The number of nitrogens with one attached hydrogen (secondary N) is 1. The van der Waals surface area contributed by atoms with E-state index in [2.05, 4.69) is 21.2 Å². The number of halogens is 1. The molecule has 0 radical (unpaired) electrons. The first-order valence-corrected chi connectivity index (χ1v) is 7.63. The molecule has 0 aliphatic rings. The molecule has 116 valence electrons. The molecule has 0 aliphatic heterocycles. The molecule has 1 N–H and O–H groups in total. The largest absolute Gasteiger partial charge is 0.497 e. The Labute approximate surface area is 138 Å². The number of hydrogen-bond acceptors (Lipinski definition) is 3. The highest BCUT2D eigenvalue weighted by Gasteiger charge is 2.17. The van der Waals surface area contributed by atoms with Crippen molar-refractivity contribution in [2.45, 2.75) is 13.0 Å². The van der Waals surface area contributed by atoms with Gasteiger partial charge in [-0.2, -0.15) is 0 Å². The lowest BCUT2D eigenvalue weighted by atomic mass is 10.1. The number of hydrogen-bond donors (Lipinski definition) is 1. The zero-order chi connectivity index (χ0) is 16.1. The first-order chi connectivity index (χ1) is 10.6. The van der Waals surface area contributed by atoms with Crippen LogP contribution in [0.4, 0.5) is 0 Å². The van der Waals surface area contributed by atoms with Gasteiger partial charge in [0.1, 0.15) is 11.5 Å². The summed E-state index contributed by atoms with van der Waals surface area (Å²) in [5, 5.41) is 2.97. The van der Waals surface area contributed by atoms with Gasteiger partial charge in [0.05, 0.1) is 25.8 Å². The van der Waals surface area contributed by atoms with Gasteiger partial charge in [-0.15, -0.1) is 0 Å². The summed E-state index contributed by atoms with van der Waals surface area (Å²) < 4.78 is 11.4. The number of methoxy groups -OCH3 is 2. The Kier molecular flexibility index (Phi) is 5.44. The Morgan fingerprint density at radius 2 is 1.86 bits per heavy atom. The van der Waals surface area contributed by atoms with E-state index in [1.807, 2.05) is 43.3 Å². The molecule has 4 nitrogen and oxygen atoms in total. The molecule has 0 heterocycles. The zero-order valence-corrected chi connectivity index (χ0v) is 14.3. The summed E-state index contributed by atoms with van der Waals surface area (Å²) in [7, 11) is 3.21. The minimum absolute atomic E-state index is 0.148. The van der Waals surface area contributed by atoms with Crippen molar-refractivity contribution >= 4 is 21.8 Å². The van der Waals surface area contributed by atoms with E-state index in [1.54, 1.807) is 20.3 Å². The molecule has 2 aromatic rings. The molecule has 2 rings (SSSR count). The summed E-state index contributed by atoms with van der Waals surface area (Å²) in [5.41, 5.74) is 1.46. The minimum atomic E-state index is -0.218. The van der Waals surface area contributed by atoms with Crippen molar-refractivity contribution in [1.29, 1.82) is 0 Å². The third-order valence-corrected chi connectivity index (χ3v) is 4.06. The third-order valence-electron chi connectivity index (χ3n) is 3.37. The van der Waals surface area contributed by atoms with Crippen molar-refractivity contribution in [3.8, 4) is 11.5 Å². The molecule has 22 heavy (non-hydrogen) atoms. The highest BCUT2D eigenvalue weighted by Crippen LogP contribution is 2.29. The summed E-state index contributed by atoms with van der Waals surface area (Å²) in [6.45, 7) is 1.91. The molecule has 0 bridgehead atoms. The van der Waals surface area contributed by atoms with Gasteiger partial charge in [-0.1, -0.05) is 12.1 Å². The van der Waals surface area contributed by atoms with E-state index in [9.17, 15) is 4.79 Å². The van der Waals surface area contributed by atoms with Gasteiger partial charge in [0.25, 0.3) is 5.91 Å². The maximum absolute atomic E-state index is 12.4. The Balaban J connectivity index is 2.23. The molecule has 0 fully saturated rings. The van der Waals surface area contributed by atoms with Gasteiger partial charge >= 0.3 is 0 Å². The van der Waals surface area contributed by atoms with Crippen LogP contribution < -0.4 is 14.8 Å². The van der Waals surface area contributed by atoms with Crippen LogP contribution >= 0.6 is 15.9 Å². The first kappa shape index (κ1) is 16.4. The molecule has 0 aliphatic carbocycles. The average Bonchev–Trinajstić information content (AvgIpc) is 2.54. The van der Waals surface area contributed by atoms with Gasteiger partial charge in [0, 0.05) is 10.0 Å². The van der Waals surface area contributed by atoms with Crippen LogP contribution in [0.3, 0.4) is 0 Å². The molecule has 1 atom stereocenters. The number of amides is 1. The number of carbonyl (C=O) groups excluding carboxylic acids is 1. The minimum Gasteiger partial charge on any atom is -0.497 e. The van der Waals surface area contributed by atoms with Gasteiger partial charge in [-0.05, 0) is 53.2 Å². The topological polar surface area (TPSA) is 47.6 Å². The molecule has 0 unspecified atom stereocenters.